The van der Waals surface area contributed by atoms with Crippen molar-refractivity contribution in [1.29, 1.82) is 0 Å². The SMILES string of the molecule is Cc1c(C(=O)N2CC3(CC3)c3ccccc32)nnn1C1CCNCC1.Cl. The molecule has 2 aromatic rings. The normalized spacial score (nSPS) is 20.7. The van der Waals surface area contributed by atoms with E-state index in [0.29, 0.717) is 11.7 Å². The van der Waals surface area contributed by atoms with Crippen molar-refractivity contribution in [2.45, 2.75) is 44.1 Å². The molecular weight excluding hydrogens is 350 g/mol. The molecule has 0 radical (unpaired) electrons. The number of amides is 1. The first kappa shape index (κ1) is 17.5. The zero-order valence-corrected chi connectivity index (χ0v) is 15.8. The Labute approximate surface area is 159 Å². The number of carbonyl (C=O) groups is 1. The van der Waals surface area contributed by atoms with Crippen molar-refractivity contribution >= 4 is 24.0 Å². The molecule has 1 aromatic heterocycles. The average Bonchev–Trinajstić information content (AvgIpc) is 3.22. The Hall–Kier alpha value is -1.92. The van der Waals surface area contributed by atoms with Gasteiger partial charge in [-0.05, 0) is 57.3 Å². The van der Waals surface area contributed by atoms with Crippen LogP contribution in [0, 0.1) is 6.92 Å². The molecule has 6 nitrogen and oxygen atoms in total. The summed E-state index contributed by atoms with van der Waals surface area (Å²) in [7, 11) is 0. The summed E-state index contributed by atoms with van der Waals surface area (Å²) in [6.07, 6.45) is 4.42. The molecule has 26 heavy (non-hydrogen) atoms. The second kappa shape index (κ2) is 6.35. The van der Waals surface area contributed by atoms with E-state index in [1.165, 1.54) is 18.4 Å². The van der Waals surface area contributed by atoms with E-state index in [1.807, 2.05) is 22.6 Å². The number of piperidine rings is 1. The second-order valence-electron chi connectivity index (χ2n) is 7.64. The zero-order valence-electron chi connectivity index (χ0n) is 14.9. The molecule has 3 aliphatic rings. The van der Waals surface area contributed by atoms with Gasteiger partial charge in [-0.1, -0.05) is 23.4 Å². The van der Waals surface area contributed by atoms with Gasteiger partial charge >= 0.3 is 0 Å². The van der Waals surface area contributed by atoms with Crippen LogP contribution in [0.2, 0.25) is 0 Å². The molecule has 138 valence electrons. The molecule has 1 aromatic carbocycles. The average molecular weight is 374 g/mol. The van der Waals surface area contributed by atoms with Crippen LogP contribution in [-0.4, -0.2) is 40.5 Å². The van der Waals surface area contributed by atoms with Crippen molar-refractivity contribution in [2.75, 3.05) is 24.5 Å². The van der Waals surface area contributed by atoms with Crippen molar-refractivity contribution in [3.8, 4) is 0 Å². The van der Waals surface area contributed by atoms with Crippen molar-refractivity contribution in [1.82, 2.24) is 20.3 Å². The maximum atomic E-state index is 13.2. The van der Waals surface area contributed by atoms with Gasteiger partial charge in [0.1, 0.15) is 0 Å². The lowest BCUT2D eigenvalue weighted by Gasteiger charge is -2.23. The van der Waals surface area contributed by atoms with E-state index < -0.39 is 0 Å². The highest BCUT2D eigenvalue weighted by molar-refractivity contribution is 6.07. The summed E-state index contributed by atoms with van der Waals surface area (Å²) in [6.45, 7) is 4.75. The maximum Gasteiger partial charge on any atom is 0.280 e. The molecule has 5 rings (SSSR count). The summed E-state index contributed by atoms with van der Waals surface area (Å²) in [6, 6.07) is 8.67. The first-order chi connectivity index (χ1) is 12.2. The number of rotatable bonds is 2. The van der Waals surface area contributed by atoms with E-state index >= 15 is 0 Å². The fraction of sp³-hybridized carbons (Fsp3) is 0.526. The monoisotopic (exact) mass is 373 g/mol. The van der Waals surface area contributed by atoms with Crippen LogP contribution in [0.15, 0.2) is 24.3 Å². The van der Waals surface area contributed by atoms with Gasteiger partial charge in [0.2, 0.25) is 0 Å². The Kier molecular flexibility index (Phi) is 4.28. The third-order valence-electron chi connectivity index (χ3n) is 6.11. The molecular formula is C19H24ClN5O. The van der Waals surface area contributed by atoms with Gasteiger partial charge in [-0.3, -0.25) is 4.79 Å². The number of fused-ring (bicyclic) bond motifs is 2. The Morgan fingerprint density at radius 2 is 1.96 bits per heavy atom. The summed E-state index contributed by atoms with van der Waals surface area (Å²) >= 11 is 0. The highest BCUT2D eigenvalue weighted by atomic mass is 35.5. The number of anilines is 1. The number of nitrogens with zero attached hydrogens (tertiary/aromatic N) is 4. The second-order valence-corrected chi connectivity index (χ2v) is 7.64. The van der Waals surface area contributed by atoms with Crippen LogP contribution in [0.4, 0.5) is 5.69 Å². The number of halogens is 1. The number of nitrogens with one attached hydrogen (secondary N) is 1. The lowest BCUT2D eigenvalue weighted by atomic mass is 9.99. The summed E-state index contributed by atoms with van der Waals surface area (Å²) in [5.74, 6) is -0.00564. The topological polar surface area (TPSA) is 63.1 Å². The number of carbonyl (C=O) groups excluding carboxylic acids is 1. The zero-order chi connectivity index (χ0) is 17.0. The van der Waals surface area contributed by atoms with Crippen LogP contribution in [0.3, 0.4) is 0 Å². The van der Waals surface area contributed by atoms with Gasteiger partial charge in [0.05, 0.1) is 11.7 Å². The van der Waals surface area contributed by atoms with Crippen LogP contribution in [0.1, 0.15) is 53.5 Å². The van der Waals surface area contributed by atoms with Crippen LogP contribution in [0.25, 0.3) is 0 Å². The molecule has 0 bridgehead atoms. The largest absolute Gasteiger partial charge is 0.317 e. The van der Waals surface area contributed by atoms with Crippen molar-refractivity contribution in [3.05, 3.63) is 41.2 Å². The predicted molar refractivity (Wildman–Crippen MR) is 102 cm³/mol. The summed E-state index contributed by atoms with van der Waals surface area (Å²) in [5, 5.41) is 12.0. The molecule has 0 atom stereocenters. The molecule has 1 aliphatic carbocycles. The number of aromatic nitrogens is 3. The standard InChI is InChI=1S/C19H23N5O.ClH/c1-13-17(21-22-24(13)14-6-10-20-11-7-14)18(25)23-12-19(8-9-19)15-4-2-3-5-16(15)23;/h2-5,14,20H,6-12H2,1H3;1H. The Morgan fingerprint density at radius 1 is 1.23 bits per heavy atom. The van der Waals surface area contributed by atoms with E-state index in [4.69, 9.17) is 0 Å². The van der Waals surface area contributed by atoms with Crippen molar-refractivity contribution in [2.24, 2.45) is 0 Å². The number of hydrogen-bond donors (Lipinski definition) is 1. The fourth-order valence-electron chi connectivity index (χ4n) is 4.45. The van der Waals surface area contributed by atoms with Gasteiger partial charge in [0.25, 0.3) is 5.91 Å². The van der Waals surface area contributed by atoms with Gasteiger partial charge in [-0.25, -0.2) is 4.68 Å². The molecule has 1 saturated heterocycles. The van der Waals surface area contributed by atoms with E-state index in [-0.39, 0.29) is 23.7 Å². The minimum absolute atomic E-state index is 0. The van der Waals surface area contributed by atoms with Gasteiger partial charge in [0, 0.05) is 17.6 Å². The number of benzene rings is 1. The lowest BCUT2D eigenvalue weighted by Crippen LogP contribution is -2.33. The smallest absolute Gasteiger partial charge is 0.280 e. The number of hydrogen-bond acceptors (Lipinski definition) is 4. The fourth-order valence-corrected chi connectivity index (χ4v) is 4.45. The Balaban J connectivity index is 0.00000168. The lowest BCUT2D eigenvalue weighted by molar-refractivity contribution is 0.0982. The van der Waals surface area contributed by atoms with E-state index in [2.05, 4.69) is 33.8 Å². The Bertz CT molecular complexity index is 838. The third-order valence-corrected chi connectivity index (χ3v) is 6.11. The van der Waals surface area contributed by atoms with E-state index in [0.717, 1.165) is 43.9 Å². The van der Waals surface area contributed by atoms with Gasteiger partial charge in [0.15, 0.2) is 5.69 Å². The van der Waals surface area contributed by atoms with Crippen LogP contribution in [-0.2, 0) is 5.41 Å². The summed E-state index contributed by atoms with van der Waals surface area (Å²) in [5.41, 5.74) is 3.98. The van der Waals surface area contributed by atoms with Crippen LogP contribution < -0.4 is 10.2 Å². The highest BCUT2D eigenvalue weighted by Gasteiger charge is 2.53. The summed E-state index contributed by atoms with van der Waals surface area (Å²) < 4.78 is 1.96. The van der Waals surface area contributed by atoms with Crippen molar-refractivity contribution < 1.29 is 4.79 Å². The maximum absolute atomic E-state index is 13.2. The molecule has 1 saturated carbocycles. The van der Waals surface area contributed by atoms with Crippen LogP contribution >= 0.6 is 12.4 Å². The highest BCUT2D eigenvalue weighted by Crippen LogP contribution is 2.56. The minimum Gasteiger partial charge on any atom is -0.317 e. The molecule has 0 unspecified atom stereocenters. The quantitative estimate of drug-likeness (QED) is 0.879. The summed E-state index contributed by atoms with van der Waals surface area (Å²) in [4.78, 5) is 15.2. The molecule has 2 aliphatic heterocycles. The first-order valence-electron chi connectivity index (χ1n) is 9.23. The predicted octanol–water partition coefficient (Wildman–Crippen LogP) is 2.62. The van der Waals surface area contributed by atoms with Crippen LogP contribution in [0.5, 0.6) is 0 Å². The molecule has 1 amide bonds. The van der Waals surface area contributed by atoms with E-state index in [9.17, 15) is 4.79 Å². The van der Waals surface area contributed by atoms with Gasteiger partial charge in [-0.15, -0.1) is 17.5 Å². The molecule has 2 fully saturated rings. The molecule has 1 N–H and O–H groups in total. The molecule has 7 heteroatoms. The molecule has 1 spiro atoms. The van der Waals surface area contributed by atoms with E-state index in [1.54, 1.807) is 0 Å². The van der Waals surface area contributed by atoms with Gasteiger partial charge < -0.3 is 10.2 Å². The first-order valence-corrected chi connectivity index (χ1v) is 9.23. The minimum atomic E-state index is -0.00564. The molecule has 3 heterocycles. The Morgan fingerprint density at radius 3 is 2.69 bits per heavy atom. The van der Waals surface area contributed by atoms with Crippen molar-refractivity contribution in [3.63, 3.8) is 0 Å². The van der Waals surface area contributed by atoms with Gasteiger partial charge in [-0.2, -0.15) is 0 Å². The number of para-hydroxylation sites is 1. The third kappa shape index (κ3) is 2.55.